The first-order valence-corrected chi connectivity index (χ1v) is 7.58. The van der Waals surface area contributed by atoms with Crippen LogP contribution in [0.5, 0.6) is 0 Å². The molecule has 2 aliphatic rings. The van der Waals surface area contributed by atoms with Crippen molar-refractivity contribution in [3.05, 3.63) is 24.2 Å². The van der Waals surface area contributed by atoms with Gasteiger partial charge in [0.05, 0.1) is 12.8 Å². The minimum Gasteiger partial charge on any atom is -0.468 e. The lowest BCUT2D eigenvalue weighted by molar-refractivity contribution is -0.00511. The summed E-state index contributed by atoms with van der Waals surface area (Å²) >= 11 is 0. The van der Waals surface area contributed by atoms with E-state index >= 15 is 0 Å². The summed E-state index contributed by atoms with van der Waals surface area (Å²) in [6.45, 7) is 6.46. The molecule has 19 heavy (non-hydrogen) atoms. The lowest BCUT2D eigenvalue weighted by Crippen LogP contribution is -2.60. The van der Waals surface area contributed by atoms with E-state index in [1.807, 2.05) is 6.07 Å². The molecular weight excluding hydrogens is 236 g/mol. The number of rotatable bonds is 5. The summed E-state index contributed by atoms with van der Waals surface area (Å²) in [5, 5.41) is 0. The van der Waals surface area contributed by atoms with Crippen LogP contribution in [0.1, 0.15) is 51.7 Å². The van der Waals surface area contributed by atoms with Crippen molar-refractivity contribution in [1.82, 2.24) is 4.90 Å². The largest absolute Gasteiger partial charge is 0.468 e. The molecule has 0 spiro atoms. The summed E-state index contributed by atoms with van der Waals surface area (Å²) in [6.07, 6.45) is 8.22. The molecule has 3 rings (SSSR count). The molecule has 3 nitrogen and oxygen atoms in total. The fourth-order valence-corrected chi connectivity index (χ4v) is 4.01. The molecule has 2 fully saturated rings. The van der Waals surface area contributed by atoms with Crippen LogP contribution in [0.15, 0.2) is 22.8 Å². The molecule has 1 unspecified atom stereocenters. The number of hydrogen-bond acceptors (Lipinski definition) is 3. The van der Waals surface area contributed by atoms with Crippen LogP contribution in [-0.2, 0) is 6.54 Å². The molecule has 2 saturated carbocycles. The highest BCUT2D eigenvalue weighted by atomic mass is 16.3. The Hall–Kier alpha value is -0.800. The van der Waals surface area contributed by atoms with Gasteiger partial charge in [-0.15, -0.1) is 0 Å². The number of hydrogen-bond donors (Lipinski definition) is 1. The third kappa shape index (κ3) is 2.13. The molecule has 1 atom stereocenters. The molecule has 0 amide bonds. The number of nitrogens with two attached hydrogens (primary N) is 1. The van der Waals surface area contributed by atoms with Gasteiger partial charge in [0.1, 0.15) is 5.76 Å². The molecule has 2 N–H and O–H groups in total. The van der Waals surface area contributed by atoms with E-state index in [0.29, 0.717) is 11.5 Å². The third-order valence-electron chi connectivity index (χ3n) is 5.43. The average Bonchev–Trinajstić information content (AvgIpc) is 2.99. The van der Waals surface area contributed by atoms with Gasteiger partial charge in [-0.05, 0) is 43.2 Å². The van der Waals surface area contributed by atoms with Gasteiger partial charge >= 0.3 is 0 Å². The normalized spacial score (nSPS) is 30.1. The zero-order valence-electron chi connectivity index (χ0n) is 12.2. The lowest BCUT2D eigenvalue weighted by Gasteiger charge is -2.49. The van der Waals surface area contributed by atoms with E-state index < -0.39 is 0 Å². The molecule has 3 heteroatoms. The van der Waals surface area contributed by atoms with Gasteiger partial charge < -0.3 is 10.2 Å². The van der Waals surface area contributed by atoms with E-state index in [1.54, 1.807) is 6.26 Å². The molecule has 0 aliphatic heterocycles. The van der Waals surface area contributed by atoms with Crippen molar-refractivity contribution in [3.8, 4) is 0 Å². The van der Waals surface area contributed by atoms with Crippen molar-refractivity contribution in [2.45, 2.75) is 64.1 Å². The fourth-order valence-electron chi connectivity index (χ4n) is 4.01. The zero-order valence-corrected chi connectivity index (χ0v) is 12.2. The smallest absolute Gasteiger partial charge is 0.117 e. The molecule has 1 aromatic rings. The Kier molecular flexibility index (Phi) is 3.22. The van der Waals surface area contributed by atoms with Gasteiger partial charge in [-0.2, -0.15) is 0 Å². The van der Waals surface area contributed by atoms with Crippen LogP contribution in [0.4, 0.5) is 0 Å². The SMILES string of the molecule is CC1(C)CCCC1(CN)N(Cc1ccco1)C1CC1. The summed E-state index contributed by atoms with van der Waals surface area (Å²) in [5.41, 5.74) is 6.72. The summed E-state index contributed by atoms with van der Waals surface area (Å²) in [7, 11) is 0. The average molecular weight is 262 g/mol. The highest BCUT2D eigenvalue weighted by Gasteiger charge is 2.54. The maximum atomic E-state index is 6.27. The lowest BCUT2D eigenvalue weighted by atomic mass is 9.73. The van der Waals surface area contributed by atoms with Crippen LogP contribution in [0.2, 0.25) is 0 Å². The quantitative estimate of drug-likeness (QED) is 0.886. The van der Waals surface area contributed by atoms with Crippen LogP contribution < -0.4 is 5.73 Å². The van der Waals surface area contributed by atoms with Crippen molar-refractivity contribution in [2.75, 3.05) is 6.54 Å². The second kappa shape index (κ2) is 4.64. The van der Waals surface area contributed by atoms with E-state index in [9.17, 15) is 0 Å². The van der Waals surface area contributed by atoms with Crippen LogP contribution >= 0.6 is 0 Å². The Morgan fingerprint density at radius 3 is 2.63 bits per heavy atom. The molecular formula is C16H26N2O. The summed E-state index contributed by atoms with van der Waals surface area (Å²) < 4.78 is 5.58. The maximum Gasteiger partial charge on any atom is 0.117 e. The van der Waals surface area contributed by atoms with Gasteiger partial charge in [-0.1, -0.05) is 20.3 Å². The van der Waals surface area contributed by atoms with Gasteiger partial charge in [-0.25, -0.2) is 0 Å². The zero-order chi connectivity index (χ0) is 13.5. The second-order valence-electron chi connectivity index (χ2n) is 6.91. The Morgan fingerprint density at radius 1 is 1.37 bits per heavy atom. The predicted molar refractivity (Wildman–Crippen MR) is 76.7 cm³/mol. The summed E-state index contributed by atoms with van der Waals surface area (Å²) in [6, 6.07) is 4.78. The molecule has 0 aromatic carbocycles. The van der Waals surface area contributed by atoms with Gasteiger partial charge in [0.2, 0.25) is 0 Å². The second-order valence-corrected chi connectivity index (χ2v) is 6.91. The van der Waals surface area contributed by atoms with E-state index in [1.165, 1.54) is 32.1 Å². The number of furan rings is 1. The molecule has 106 valence electrons. The van der Waals surface area contributed by atoms with Crippen LogP contribution in [-0.4, -0.2) is 23.0 Å². The minimum atomic E-state index is 0.154. The third-order valence-corrected chi connectivity index (χ3v) is 5.43. The van der Waals surface area contributed by atoms with Crippen LogP contribution in [0.25, 0.3) is 0 Å². The Morgan fingerprint density at radius 2 is 2.16 bits per heavy atom. The molecule has 0 bridgehead atoms. The Labute approximate surface area is 116 Å². The first-order chi connectivity index (χ1) is 9.09. The van der Waals surface area contributed by atoms with Gasteiger partial charge in [0.15, 0.2) is 0 Å². The molecule has 1 aromatic heterocycles. The molecule has 0 radical (unpaired) electrons. The van der Waals surface area contributed by atoms with E-state index in [-0.39, 0.29) is 5.54 Å². The molecule has 0 saturated heterocycles. The van der Waals surface area contributed by atoms with Gasteiger partial charge in [-0.3, -0.25) is 4.90 Å². The van der Waals surface area contributed by atoms with Crippen LogP contribution in [0, 0.1) is 5.41 Å². The monoisotopic (exact) mass is 262 g/mol. The first kappa shape index (κ1) is 13.2. The van der Waals surface area contributed by atoms with Gasteiger partial charge in [0, 0.05) is 18.1 Å². The molecule has 1 heterocycles. The van der Waals surface area contributed by atoms with Crippen molar-refractivity contribution in [3.63, 3.8) is 0 Å². The van der Waals surface area contributed by atoms with Crippen molar-refractivity contribution in [2.24, 2.45) is 11.1 Å². The van der Waals surface area contributed by atoms with Crippen molar-refractivity contribution >= 4 is 0 Å². The fraction of sp³-hybridized carbons (Fsp3) is 0.750. The number of nitrogens with zero attached hydrogens (tertiary/aromatic N) is 1. The van der Waals surface area contributed by atoms with E-state index in [2.05, 4.69) is 24.8 Å². The van der Waals surface area contributed by atoms with Crippen molar-refractivity contribution < 1.29 is 4.42 Å². The summed E-state index contributed by atoms with van der Waals surface area (Å²) in [5.74, 6) is 1.07. The highest BCUT2D eigenvalue weighted by Crippen LogP contribution is 2.52. The maximum absolute atomic E-state index is 6.27. The topological polar surface area (TPSA) is 42.4 Å². The Bertz CT molecular complexity index is 422. The van der Waals surface area contributed by atoms with Crippen molar-refractivity contribution in [1.29, 1.82) is 0 Å². The summed E-state index contributed by atoms with van der Waals surface area (Å²) in [4.78, 5) is 2.67. The Balaban J connectivity index is 1.89. The minimum absolute atomic E-state index is 0.154. The van der Waals surface area contributed by atoms with E-state index in [0.717, 1.165) is 18.8 Å². The first-order valence-electron chi connectivity index (χ1n) is 7.58. The standard InChI is InChI=1S/C16H26N2O/c1-15(2)8-4-9-16(15,12-17)18(13-6-7-13)11-14-5-3-10-19-14/h3,5,10,13H,4,6-9,11-12,17H2,1-2H3. The molecule has 2 aliphatic carbocycles. The van der Waals surface area contributed by atoms with E-state index in [4.69, 9.17) is 10.2 Å². The predicted octanol–water partition coefficient (Wildman–Crippen LogP) is 3.15. The van der Waals surface area contributed by atoms with Gasteiger partial charge in [0.25, 0.3) is 0 Å². The highest BCUT2D eigenvalue weighted by molar-refractivity contribution is 5.12. The van der Waals surface area contributed by atoms with Crippen LogP contribution in [0.3, 0.4) is 0 Å².